The number of rotatable bonds is 5. The maximum Gasteiger partial charge on any atom is 0.282 e. The number of hydrogen-bond donors (Lipinski definition) is 2. The lowest BCUT2D eigenvalue weighted by atomic mass is 10.1. The summed E-state index contributed by atoms with van der Waals surface area (Å²) in [5.41, 5.74) is 0.737. The molecule has 2 rings (SSSR count). The van der Waals surface area contributed by atoms with Gasteiger partial charge in [-0.2, -0.15) is 0 Å². The maximum absolute atomic E-state index is 12.2. The highest BCUT2D eigenvalue weighted by Crippen LogP contribution is 2.44. The minimum Gasteiger partial charge on any atom is -0.385 e. The Morgan fingerprint density at radius 1 is 1.50 bits per heavy atom. The highest BCUT2D eigenvalue weighted by Gasteiger charge is 2.47. The molecule has 20 heavy (non-hydrogen) atoms. The summed E-state index contributed by atoms with van der Waals surface area (Å²) in [7, 11) is 0. The molecule has 1 fully saturated rings. The van der Waals surface area contributed by atoms with Crippen molar-refractivity contribution in [1.29, 1.82) is 0 Å². The zero-order valence-electron chi connectivity index (χ0n) is 11.9. The molecule has 108 valence electrons. The Balaban J connectivity index is 2.25. The minimum atomic E-state index is -0.525. The number of nitrogens with zero attached hydrogens (tertiary/aromatic N) is 1. The molecular weight excluding hydrogens is 258 g/mol. The van der Waals surface area contributed by atoms with Crippen LogP contribution in [0.15, 0.2) is 18.2 Å². The lowest BCUT2D eigenvalue weighted by molar-refractivity contribution is -0.385. The highest BCUT2D eigenvalue weighted by atomic mass is 16.6. The third-order valence-electron chi connectivity index (χ3n) is 3.64. The topological polar surface area (TPSA) is 84.3 Å². The maximum atomic E-state index is 12.2. The van der Waals surface area contributed by atoms with Crippen molar-refractivity contribution in [3.8, 4) is 0 Å². The van der Waals surface area contributed by atoms with E-state index in [1.165, 1.54) is 12.1 Å². The number of amides is 1. The molecule has 0 aliphatic heterocycles. The van der Waals surface area contributed by atoms with Gasteiger partial charge in [-0.05, 0) is 30.9 Å². The number of carbonyl (C=O) groups excluding carboxylic acids is 1. The normalized spacial score (nSPS) is 19.2. The first-order chi connectivity index (χ1) is 9.35. The van der Waals surface area contributed by atoms with Crippen molar-refractivity contribution in [1.82, 2.24) is 5.32 Å². The van der Waals surface area contributed by atoms with Crippen LogP contribution in [0.5, 0.6) is 0 Å². The molecule has 1 amide bonds. The summed E-state index contributed by atoms with van der Waals surface area (Å²) < 4.78 is 0. The Morgan fingerprint density at radius 3 is 2.65 bits per heavy atom. The summed E-state index contributed by atoms with van der Waals surface area (Å²) in [5.74, 6) is -0.382. The molecule has 6 nitrogen and oxygen atoms in total. The van der Waals surface area contributed by atoms with Crippen molar-refractivity contribution < 1.29 is 9.72 Å². The number of anilines is 1. The van der Waals surface area contributed by atoms with Crippen LogP contribution in [0.2, 0.25) is 0 Å². The molecule has 0 heterocycles. The molecule has 1 saturated carbocycles. The fourth-order valence-electron chi connectivity index (χ4n) is 2.14. The first kappa shape index (κ1) is 14.3. The quantitative estimate of drug-likeness (QED) is 0.640. The molecule has 0 aromatic heterocycles. The van der Waals surface area contributed by atoms with Crippen LogP contribution < -0.4 is 10.6 Å². The van der Waals surface area contributed by atoms with Gasteiger partial charge < -0.3 is 10.6 Å². The molecule has 1 aromatic carbocycles. The van der Waals surface area contributed by atoms with Crippen LogP contribution in [-0.4, -0.2) is 23.4 Å². The van der Waals surface area contributed by atoms with Crippen molar-refractivity contribution in [2.45, 2.75) is 33.2 Å². The van der Waals surface area contributed by atoms with Crippen LogP contribution in [-0.2, 0) is 0 Å². The Hall–Kier alpha value is -2.11. The molecular formula is C14H19N3O3. The van der Waals surface area contributed by atoms with Crippen LogP contribution >= 0.6 is 0 Å². The van der Waals surface area contributed by atoms with E-state index in [0.717, 1.165) is 6.42 Å². The molecule has 1 atom stereocenters. The van der Waals surface area contributed by atoms with E-state index in [0.29, 0.717) is 12.2 Å². The lowest BCUT2D eigenvalue weighted by Gasteiger charge is -2.09. The van der Waals surface area contributed by atoms with E-state index in [9.17, 15) is 14.9 Å². The van der Waals surface area contributed by atoms with Crippen LogP contribution in [0, 0.1) is 15.5 Å². The number of hydrogen-bond acceptors (Lipinski definition) is 4. The Morgan fingerprint density at radius 2 is 2.15 bits per heavy atom. The van der Waals surface area contributed by atoms with Gasteiger partial charge in [0.1, 0.15) is 5.56 Å². The fourth-order valence-corrected chi connectivity index (χ4v) is 2.14. The van der Waals surface area contributed by atoms with Gasteiger partial charge in [0.25, 0.3) is 11.6 Å². The molecule has 0 spiro atoms. The monoisotopic (exact) mass is 277 g/mol. The first-order valence-corrected chi connectivity index (χ1v) is 6.68. The van der Waals surface area contributed by atoms with E-state index in [4.69, 9.17) is 0 Å². The average molecular weight is 277 g/mol. The number of nitro groups is 1. The van der Waals surface area contributed by atoms with E-state index in [1.54, 1.807) is 6.07 Å². The van der Waals surface area contributed by atoms with Gasteiger partial charge in [0, 0.05) is 24.3 Å². The average Bonchev–Trinajstić information content (AvgIpc) is 2.96. The molecule has 0 saturated heterocycles. The SMILES string of the molecule is CCNc1ccc([N+](=O)[O-])c(C(=O)NC2CC2(C)C)c1. The molecule has 1 unspecified atom stereocenters. The fraction of sp³-hybridized carbons (Fsp3) is 0.500. The summed E-state index contributed by atoms with van der Waals surface area (Å²) in [5, 5.41) is 16.9. The summed E-state index contributed by atoms with van der Waals surface area (Å²) >= 11 is 0. The van der Waals surface area contributed by atoms with Crippen LogP contribution in [0.25, 0.3) is 0 Å². The van der Waals surface area contributed by atoms with Gasteiger partial charge in [-0.25, -0.2) is 0 Å². The van der Waals surface area contributed by atoms with Crippen molar-refractivity contribution >= 4 is 17.3 Å². The van der Waals surface area contributed by atoms with Gasteiger partial charge in [-0.15, -0.1) is 0 Å². The van der Waals surface area contributed by atoms with Gasteiger partial charge >= 0.3 is 0 Å². The largest absolute Gasteiger partial charge is 0.385 e. The molecule has 0 radical (unpaired) electrons. The lowest BCUT2D eigenvalue weighted by Crippen LogP contribution is -2.29. The first-order valence-electron chi connectivity index (χ1n) is 6.68. The minimum absolute atomic E-state index is 0.0870. The highest BCUT2D eigenvalue weighted by molar-refractivity contribution is 5.99. The molecule has 1 aromatic rings. The molecule has 6 heteroatoms. The zero-order valence-corrected chi connectivity index (χ0v) is 11.9. The predicted molar refractivity (Wildman–Crippen MR) is 76.9 cm³/mol. The second kappa shape index (κ2) is 5.11. The van der Waals surface area contributed by atoms with Gasteiger partial charge in [0.05, 0.1) is 4.92 Å². The number of nitrogens with one attached hydrogen (secondary N) is 2. The Bertz CT molecular complexity index is 555. The van der Waals surface area contributed by atoms with Crippen molar-refractivity contribution in [2.75, 3.05) is 11.9 Å². The molecule has 0 bridgehead atoms. The third-order valence-corrected chi connectivity index (χ3v) is 3.64. The molecule has 1 aliphatic carbocycles. The van der Waals surface area contributed by atoms with Gasteiger partial charge in [0.2, 0.25) is 0 Å². The van der Waals surface area contributed by atoms with E-state index < -0.39 is 4.92 Å². The second-order valence-electron chi connectivity index (χ2n) is 5.74. The van der Waals surface area contributed by atoms with Crippen LogP contribution in [0.4, 0.5) is 11.4 Å². The molecule has 1 aliphatic rings. The summed E-state index contributed by atoms with van der Waals surface area (Å²) in [6.45, 7) is 6.73. The molecule has 2 N–H and O–H groups in total. The zero-order chi connectivity index (χ0) is 14.9. The van der Waals surface area contributed by atoms with Crippen molar-refractivity contribution in [2.24, 2.45) is 5.41 Å². The van der Waals surface area contributed by atoms with Crippen LogP contribution in [0.1, 0.15) is 37.6 Å². The van der Waals surface area contributed by atoms with Crippen molar-refractivity contribution in [3.63, 3.8) is 0 Å². The van der Waals surface area contributed by atoms with Gasteiger partial charge in [-0.3, -0.25) is 14.9 Å². The van der Waals surface area contributed by atoms with E-state index in [-0.39, 0.29) is 28.6 Å². The van der Waals surface area contributed by atoms with E-state index in [2.05, 4.69) is 24.5 Å². The second-order valence-corrected chi connectivity index (χ2v) is 5.74. The standard InChI is InChI=1S/C14H19N3O3/c1-4-15-9-5-6-11(17(19)20)10(7-9)13(18)16-12-8-14(12,2)3/h5-7,12,15H,4,8H2,1-3H3,(H,16,18). The van der Waals surface area contributed by atoms with E-state index >= 15 is 0 Å². The van der Waals surface area contributed by atoms with Gasteiger partial charge in [0.15, 0.2) is 0 Å². The summed E-state index contributed by atoms with van der Waals surface area (Å²) in [6, 6.07) is 4.61. The summed E-state index contributed by atoms with van der Waals surface area (Å²) in [4.78, 5) is 22.7. The van der Waals surface area contributed by atoms with E-state index in [1.807, 2.05) is 6.92 Å². The van der Waals surface area contributed by atoms with Crippen LogP contribution in [0.3, 0.4) is 0 Å². The summed E-state index contributed by atoms with van der Waals surface area (Å²) in [6.07, 6.45) is 0.902. The third kappa shape index (κ3) is 2.89. The van der Waals surface area contributed by atoms with Crippen molar-refractivity contribution in [3.05, 3.63) is 33.9 Å². The Labute approximate surface area is 117 Å². The number of nitro benzene ring substituents is 1. The van der Waals surface area contributed by atoms with Gasteiger partial charge in [-0.1, -0.05) is 13.8 Å². The number of carbonyl (C=O) groups is 1. The predicted octanol–water partition coefficient (Wildman–Crippen LogP) is 2.55. The number of benzene rings is 1. The Kier molecular flexibility index (Phi) is 3.65. The smallest absolute Gasteiger partial charge is 0.282 e.